The zero-order valence-electron chi connectivity index (χ0n) is 20.3. The van der Waals surface area contributed by atoms with Crippen molar-refractivity contribution in [3.8, 4) is 0 Å². The van der Waals surface area contributed by atoms with Gasteiger partial charge in [-0.2, -0.15) is 0 Å². The summed E-state index contributed by atoms with van der Waals surface area (Å²) in [5.41, 5.74) is 15.3. The lowest BCUT2D eigenvalue weighted by molar-refractivity contribution is -0.704. The molecule has 0 aliphatic heterocycles. The van der Waals surface area contributed by atoms with Gasteiger partial charge in [0.2, 0.25) is 0 Å². The van der Waals surface area contributed by atoms with Crippen molar-refractivity contribution in [1.82, 2.24) is 9.97 Å². The van der Waals surface area contributed by atoms with E-state index < -0.39 is 0 Å². The van der Waals surface area contributed by atoms with Crippen LogP contribution >= 0.6 is 0 Å². The summed E-state index contributed by atoms with van der Waals surface area (Å²) in [6.07, 6.45) is 13.6. The number of anilines is 4. The first kappa shape index (κ1) is 24.2. The second-order valence-electron chi connectivity index (χ2n) is 8.86. The number of H-pyrrole nitrogens is 2. The van der Waals surface area contributed by atoms with Crippen molar-refractivity contribution in [2.24, 2.45) is 0 Å². The number of imidazole rings is 2. The van der Waals surface area contributed by atoms with E-state index in [4.69, 9.17) is 11.5 Å². The van der Waals surface area contributed by atoms with E-state index in [2.05, 4.69) is 42.1 Å². The van der Waals surface area contributed by atoms with Gasteiger partial charge in [-0.3, -0.25) is 0 Å². The van der Waals surface area contributed by atoms with Crippen LogP contribution in [-0.4, -0.2) is 23.1 Å². The van der Waals surface area contributed by atoms with E-state index in [0.717, 1.165) is 81.0 Å². The number of aryl methyl sites for hydroxylation is 4. The molecule has 4 aromatic rings. The standard InChI is InChI=1S/C27H36N8/c28-22-6-10-24(11-7-22)30-14-2-18-34-20-16-32-26(34)4-1-5-27-33-17-21-35(27)19-3-15-31-25-12-8-23(29)9-13-25/h6-13,16-17,20-21,30-31H,1-5,14-15,18-19,28-29H2/p+2. The monoisotopic (exact) mass is 474 g/mol. The smallest absolute Gasteiger partial charge is 0.254 e. The van der Waals surface area contributed by atoms with Crippen molar-refractivity contribution in [3.63, 3.8) is 0 Å². The Kier molecular flexibility index (Phi) is 8.64. The second-order valence-corrected chi connectivity index (χ2v) is 8.86. The Labute approximate surface area is 207 Å². The molecule has 0 saturated heterocycles. The van der Waals surface area contributed by atoms with Crippen molar-refractivity contribution in [1.29, 1.82) is 0 Å². The lowest BCUT2D eigenvalue weighted by Crippen LogP contribution is -2.38. The van der Waals surface area contributed by atoms with Gasteiger partial charge in [0.25, 0.3) is 11.6 Å². The highest BCUT2D eigenvalue weighted by molar-refractivity contribution is 5.51. The Morgan fingerprint density at radius 2 is 1.03 bits per heavy atom. The fourth-order valence-corrected chi connectivity index (χ4v) is 4.23. The van der Waals surface area contributed by atoms with E-state index in [0.29, 0.717) is 0 Å². The molecule has 8 nitrogen and oxygen atoms in total. The van der Waals surface area contributed by atoms with E-state index >= 15 is 0 Å². The highest BCUT2D eigenvalue weighted by atomic mass is 15.1. The molecule has 0 aliphatic rings. The van der Waals surface area contributed by atoms with Gasteiger partial charge in [0.1, 0.15) is 24.8 Å². The van der Waals surface area contributed by atoms with E-state index in [-0.39, 0.29) is 0 Å². The molecule has 8 heteroatoms. The van der Waals surface area contributed by atoms with Gasteiger partial charge in [-0.05, 0) is 55.0 Å². The van der Waals surface area contributed by atoms with Crippen molar-refractivity contribution in [2.45, 2.75) is 45.2 Å². The number of benzene rings is 2. The first-order chi connectivity index (χ1) is 17.2. The maximum absolute atomic E-state index is 5.75. The number of aromatic nitrogens is 4. The van der Waals surface area contributed by atoms with Crippen LogP contribution in [-0.2, 0) is 25.9 Å². The van der Waals surface area contributed by atoms with E-state index in [1.807, 2.05) is 60.9 Å². The third kappa shape index (κ3) is 7.53. The molecule has 0 fully saturated rings. The molecule has 0 radical (unpaired) electrons. The molecule has 0 atom stereocenters. The van der Waals surface area contributed by atoms with Crippen molar-refractivity contribution in [3.05, 3.63) is 85.0 Å². The van der Waals surface area contributed by atoms with Crippen LogP contribution in [0.2, 0.25) is 0 Å². The zero-order chi connectivity index (χ0) is 24.3. The van der Waals surface area contributed by atoms with Gasteiger partial charge < -0.3 is 22.1 Å². The van der Waals surface area contributed by atoms with Crippen LogP contribution in [0.5, 0.6) is 0 Å². The number of aromatic amines is 2. The number of rotatable bonds is 14. The molecule has 0 spiro atoms. The van der Waals surface area contributed by atoms with Crippen LogP contribution in [0, 0.1) is 0 Å². The summed E-state index contributed by atoms with van der Waals surface area (Å²) in [4.78, 5) is 6.84. The molecule has 2 aromatic carbocycles. The molecule has 184 valence electrons. The fraction of sp³-hybridized carbons (Fsp3) is 0.333. The quantitative estimate of drug-likeness (QED) is 0.0956. The highest BCUT2D eigenvalue weighted by Gasteiger charge is 2.14. The second kappa shape index (κ2) is 12.5. The van der Waals surface area contributed by atoms with E-state index in [1.54, 1.807) is 0 Å². The molecule has 0 amide bonds. The van der Waals surface area contributed by atoms with Gasteiger partial charge in [0.05, 0.1) is 13.1 Å². The minimum absolute atomic E-state index is 0.791. The van der Waals surface area contributed by atoms with Crippen LogP contribution < -0.4 is 31.2 Å². The van der Waals surface area contributed by atoms with Crippen molar-refractivity contribution in [2.75, 3.05) is 35.2 Å². The average Bonchev–Trinajstić information content (AvgIpc) is 3.51. The molecule has 8 N–H and O–H groups in total. The SMILES string of the molecule is Nc1ccc(NCCC[n+]2cc[nH]c2CCCc2[nH]cc[n+]2CCCNc2ccc(N)cc2)cc1. The summed E-state index contributed by atoms with van der Waals surface area (Å²) in [5, 5.41) is 6.92. The molecule has 4 rings (SSSR count). The minimum Gasteiger partial charge on any atom is -0.399 e. The Hall–Kier alpha value is -3.94. The van der Waals surface area contributed by atoms with Crippen molar-refractivity contribution >= 4 is 22.7 Å². The molecule has 2 heterocycles. The number of nitrogens with two attached hydrogens (primary N) is 2. The zero-order valence-corrected chi connectivity index (χ0v) is 20.3. The first-order valence-corrected chi connectivity index (χ1v) is 12.5. The Morgan fingerprint density at radius 3 is 1.46 bits per heavy atom. The number of hydrogen-bond acceptors (Lipinski definition) is 4. The molecular weight excluding hydrogens is 436 g/mol. The Bertz CT molecular complexity index is 1050. The van der Waals surface area contributed by atoms with E-state index in [1.165, 1.54) is 11.6 Å². The van der Waals surface area contributed by atoms with Gasteiger partial charge >= 0.3 is 0 Å². The molecule has 0 unspecified atom stereocenters. The predicted octanol–water partition coefficient (Wildman–Crippen LogP) is 3.26. The largest absolute Gasteiger partial charge is 0.399 e. The molecule has 0 aliphatic carbocycles. The summed E-state index contributed by atoms with van der Waals surface area (Å²) < 4.78 is 4.66. The third-order valence-electron chi connectivity index (χ3n) is 6.16. The molecule has 0 bridgehead atoms. The van der Waals surface area contributed by atoms with Crippen LogP contribution in [0.3, 0.4) is 0 Å². The van der Waals surface area contributed by atoms with Crippen molar-refractivity contribution < 1.29 is 9.13 Å². The lowest BCUT2D eigenvalue weighted by Gasteiger charge is -2.07. The Balaban J connectivity index is 1.15. The third-order valence-corrected chi connectivity index (χ3v) is 6.16. The number of hydrogen-bond donors (Lipinski definition) is 6. The first-order valence-electron chi connectivity index (χ1n) is 12.5. The van der Waals surface area contributed by atoms with Crippen LogP contribution in [0.1, 0.15) is 30.9 Å². The molecule has 0 saturated carbocycles. The lowest BCUT2D eigenvalue weighted by atomic mass is 10.2. The predicted molar refractivity (Wildman–Crippen MR) is 142 cm³/mol. The van der Waals surface area contributed by atoms with Gasteiger partial charge in [-0.15, -0.1) is 0 Å². The van der Waals surface area contributed by atoms with Gasteiger partial charge in [-0.1, -0.05) is 0 Å². The normalized spacial score (nSPS) is 11.0. The minimum atomic E-state index is 0.791. The number of nitrogens with one attached hydrogen (secondary N) is 4. The summed E-state index contributed by atoms with van der Waals surface area (Å²) >= 11 is 0. The summed E-state index contributed by atoms with van der Waals surface area (Å²) in [5.74, 6) is 2.56. The average molecular weight is 475 g/mol. The number of nitrogens with zero attached hydrogens (tertiary/aromatic N) is 2. The molecule has 2 aromatic heterocycles. The molecule has 35 heavy (non-hydrogen) atoms. The van der Waals surface area contributed by atoms with Gasteiger partial charge in [0, 0.05) is 61.5 Å². The van der Waals surface area contributed by atoms with Crippen LogP contribution in [0.4, 0.5) is 22.7 Å². The van der Waals surface area contributed by atoms with E-state index in [9.17, 15) is 0 Å². The maximum atomic E-state index is 5.75. The fourth-order valence-electron chi connectivity index (χ4n) is 4.23. The Morgan fingerprint density at radius 1 is 0.600 bits per heavy atom. The number of nitrogen functional groups attached to an aromatic ring is 2. The topological polar surface area (TPSA) is 115 Å². The van der Waals surface area contributed by atoms with Gasteiger partial charge in [0.15, 0.2) is 0 Å². The van der Waals surface area contributed by atoms with Gasteiger partial charge in [-0.25, -0.2) is 19.1 Å². The van der Waals surface area contributed by atoms with Crippen LogP contribution in [0.15, 0.2) is 73.3 Å². The molecular formula is C27H38N8+2. The summed E-state index contributed by atoms with van der Waals surface area (Å²) in [6, 6.07) is 15.8. The summed E-state index contributed by atoms with van der Waals surface area (Å²) in [6.45, 7) is 3.84. The summed E-state index contributed by atoms with van der Waals surface area (Å²) in [7, 11) is 0. The van der Waals surface area contributed by atoms with Crippen LogP contribution in [0.25, 0.3) is 0 Å². The highest BCUT2D eigenvalue weighted by Crippen LogP contribution is 2.11. The maximum Gasteiger partial charge on any atom is 0.254 e.